The third-order valence-corrected chi connectivity index (χ3v) is 1.22. The van der Waals surface area contributed by atoms with E-state index in [-0.39, 0.29) is 20.4 Å². The Labute approximate surface area is 83.3 Å². The second-order valence-electron chi connectivity index (χ2n) is 1.73. The van der Waals surface area contributed by atoms with Crippen LogP contribution in [-0.4, -0.2) is 5.97 Å². The molecule has 11 heavy (non-hydrogen) atoms. The van der Waals surface area contributed by atoms with Crippen molar-refractivity contribution >= 4 is 17.8 Å². The van der Waals surface area contributed by atoms with Crippen molar-refractivity contribution in [2.24, 2.45) is 0 Å². The Morgan fingerprint density at radius 3 is 2.27 bits per heavy atom. The van der Waals surface area contributed by atoms with Crippen LogP contribution >= 0.6 is 11.9 Å². The first-order valence-electron chi connectivity index (χ1n) is 2.72. The number of carbonyl (C=O) groups excluding carboxylic acids is 1. The van der Waals surface area contributed by atoms with Crippen LogP contribution in [0.3, 0.4) is 0 Å². The fourth-order valence-electron chi connectivity index (χ4n) is 0.619. The summed E-state index contributed by atoms with van der Waals surface area (Å²) in [5.41, 5.74) is 0.456. The van der Waals surface area contributed by atoms with Gasteiger partial charge in [0.25, 0.3) is 0 Å². The summed E-state index contributed by atoms with van der Waals surface area (Å²) in [5, 5.41) is 0. The van der Waals surface area contributed by atoms with Gasteiger partial charge in [0.1, 0.15) is 11.9 Å². The molecule has 0 N–H and O–H groups in total. The van der Waals surface area contributed by atoms with Gasteiger partial charge in [-0.3, -0.25) is 0 Å². The van der Waals surface area contributed by atoms with Crippen LogP contribution in [0.5, 0.6) is 0 Å². The van der Waals surface area contributed by atoms with Crippen LogP contribution in [0, 0.1) is 0 Å². The quantitative estimate of drug-likeness (QED) is 0.724. The Bertz CT molecular complexity index is 225. The van der Waals surface area contributed by atoms with E-state index < -0.39 is 5.97 Å². The first-order chi connectivity index (χ1) is 4.84. The molecule has 0 bridgehead atoms. The van der Waals surface area contributed by atoms with Crippen LogP contribution in [0.4, 0.5) is 0 Å². The van der Waals surface area contributed by atoms with Crippen molar-refractivity contribution in [3.8, 4) is 0 Å². The Hall–Kier alpha value is -0.358. The fourth-order valence-corrected chi connectivity index (χ4v) is 0.708. The van der Waals surface area contributed by atoms with Crippen LogP contribution < -0.4 is 0 Å². The minimum absolute atomic E-state index is 0. The van der Waals surface area contributed by atoms with Crippen molar-refractivity contribution in [2.75, 3.05) is 0 Å². The van der Waals surface area contributed by atoms with Crippen molar-refractivity contribution in [1.29, 1.82) is 0 Å². The van der Waals surface area contributed by atoms with Crippen LogP contribution in [0.2, 0.25) is 0 Å². The summed E-state index contributed by atoms with van der Waals surface area (Å²) in [7, 11) is 0. The molecule has 1 aromatic rings. The fraction of sp³-hybridized carbons (Fsp3) is 0. The van der Waals surface area contributed by atoms with Crippen molar-refractivity contribution in [1.82, 2.24) is 0 Å². The maximum Gasteiger partial charge on any atom is 2.00 e. The minimum atomic E-state index is -0.526. The Morgan fingerprint density at radius 1 is 1.27 bits per heavy atom. The molecule has 0 saturated carbocycles. The molecule has 1 aromatic carbocycles. The smallest absolute Gasteiger partial charge is 0.343 e. The molecule has 0 radical (unpaired) electrons. The molecule has 0 heterocycles. The van der Waals surface area contributed by atoms with Gasteiger partial charge in [-0.25, -0.2) is 4.79 Å². The zero-order valence-electron chi connectivity index (χ0n) is 5.40. The topological polar surface area (TPSA) is 26.3 Å². The summed E-state index contributed by atoms with van der Waals surface area (Å²) in [5.74, 6) is -0.526. The second-order valence-corrected chi connectivity index (χ2v) is 1.88. The van der Waals surface area contributed by atoms with Gasteiger partial charge in [-0.15, -0.1) is 0 Å². The molecular weight excluding hydrogens is 258 g/mol. The average Bonchev–Trinajstić information content (AvgIpc) is 2.05. The Morgan fingerprint density at radius 2 is 1.82 bits per heavy atom. The number of rotatable bonds is 1. The maximum atomic E-state index is 10.7. The number of carbonyl (C=O) groups is 1. The summed E-state index contributed by atoms with van der Waals surface area (Å²) >= 11 is 4.84. The summed E-state index contributed by atoms with van der Waals surface area (Å²) in [6, 6.07) is 8.55. The third-order valence-electron chi connectivity index (χ3n) is 1.08. The molecule has 0 atom stereocenters. The van der Waals surface area contributed by atoms with E-state index in [0.717, 1.165) is 0 Å². The van der Waals surface area contributed by atoms with Gasteiger partial charge in [0.2, 0.25) is 0 Å². The molecular formula is C7H5ClO2Pd+2. The van der Waals surface area contributed by atoms with E-state index in [2.05, 4.69) is 4.29 Å². The molecule has 0 fully saturated rings. The van der Waals surface area contributed by atoms with Crippen molar-refractivity contribution in [3.05, 3.63) is 35.9 Å². The van der Waals surface area contributed by atoms with Crippen LogP contribution in [0.15, 0.2) is 30.3 Å². The van der Waals surface area contributed by atoms with Gasteiger partial charge in [-0.2, -0.15) is 0 Å². The number of halogens is 1. The van der Waals surface area contributed by atoms with E-state index in [1.165, 1.54) is 0 Å². The first kappa shape index (κ1) is 10.6. The summed E-state index contributed by atoms with van der Waals surface area (Å²) < 4.78 is 3.97. The predicted octanol–water partition coefficient (Wildman–Crippen LogP) is 1.99. The largest absolute Gasteiger partial charge is 2.00 e. The number of hydrogen-bond acceptors (Lipinski definition) is 2. The molecule has 60 valence electrons. The molecule has 4 heteroatoms. The summed E-state index contributed by atoms with van der Waals surface area (Å²) in [6.07, 6.45) is 0. The maximum absolute atomic E-state index is 10.7. The third kappa shape index (κ3) is 3.03. The van der Waals surface area contributed by atoms with Gasteiger partial charge in [0.05, 0.1) is 5.56 Å². The van der Waals surface area contributed by atoms with Gasteiger partial charge >= 0.3 is 26.4 Å². The molecule has 0 unspecified atom stereocenters. The predicted molar refractivity (Wildman–Crippen MR) is 37.7 cm³/mol. The standard InChI is InChI=1S/C7H5ClO2.Pd/c8-10-7(9)6-4-2-1-3-5-6;/h1-5H;/q;+2. The van der Waals surface area contributed by atoms with E-state index in [1.807, 2.05) is 6.07 Å². The van der Waals surface area contributed by atoms with Crippen LogP contribution in [0.1, 0.15) is 10.4 Å². The van der Waals surface area contributed by atoms with Gasteiger partial charge in [-0.1, -0.05) is 18.2 Å². The zero-order chi connectivity index (χ0) is 7.40. The van der Waals surface area contributed by atoms with Crippen molar-refractivity contribution in [3.63, 3.8) is 0 Å². The molecule has 0 aliphatic rings. The van der Waals surface area contributed by atoms with E-state index in [9.17, 15) is 4.79 Å². The average molecular weight is 263 g/mol. The normalized spacial score (nSPS) is 8.09. The van der Waals surface area contributed by atoms with Gasteiger partial charge in [0.15, 0.2) is 0 Å². The number of hydrogen-bond donors (Lipinski definition) is 0. The minimum Gasteiger partial charge on any atom is -0.343 e. The monoisotopic (exact) mass is 262 g/mol. The van der Waals surface area contributed by atoms with Gasteiger partial charge in [-0.05, 0) is 12.1 Å². The molecule has 0 amide bonds. The molecule has 0 saturated heterocycles. The van der Waals surface area contributed by atoms with Crippen LogP contribution in [-0.2, 0) is 24.7 Å². The van der Waals surface area contributed by atoms with E-state index >= 15 is 0 Å². The van der Waals surface area contributed by atoms with Gasteiger partial charge in [0, 0.05) is 0 Å². The molecule has 2 nitrogen and oxygen atoms in total. The summed E-state index contributed by atoms with van der Waals surface area (Å²) in [6.45, 7) is 0. The number of benzene rings is 1. The second kappa shape index (κ2) is 5.31. The van der Waals surface area contributed by atoms with E-state index in [4.69, 9.17) is 11.9 Å². The molecule has 1 rings (SSSR count). The van der Waals surface area contributed by atoms with Crippen LogP contribution in [0.25, 0.3) is 0 Å². The summed E-state index contributed by atoms with van der Waals surface area (Å²) in [4.78, 5) is 10.7. The SMILES string of the molecule is O=C(OCl)c1ccccc1.[Pd+2]. The van der Waals surface area contributed by atoms with E-state index in [0.29, 0.717) is 5.56 Å². The zero-order valence-corrected chi connectivity index (χ0v) is 7.71. The van der Waals surface area contributed by atoms with E-state index in [1.54, 1.807) is 24.3 Å². The van der Waals surface area contributed by atoms with Crippen molar-refractivity contribution < 1.29 is 29.5 Å². The van der Waals surface area contributed by atoms with Gasteiger partial charge < -0.3 is 4.29 Å². The molecule has 0 spiro atoms. The Kier molecular flexibility index (Phi) is 5.14. The molecule has 0 aliphatic heterocycles. The first-order valence-corrected chi connectivity index (χ1v) is 3.03. The molecule has 0 aliphatic carbocycles. The Balaban J connectivity index is 0.000001000. The molecule has 0 aromatic heterocycles. The van der Waals surface area contributed by atoms with Crippen molar-refractivity contribution in [2.45, 2.75) is 0 Å².